The number of hydrogen-bond acceptors (Lipinski definition) is 6. The van der Waals surface area contributed by atoms with Gasteiger partial charge in [0.05, 0.1) is 28.4 Å². The number of hydroxylamine groups is 1. The maximum atomic E-state index is 12.7. The summed E-state index contributed by atoms with van der Waals surface area (Å²) < 4.78 is 5.13. The first-order valence-corrected chi connectivity index (χ1v) is 11.5. The number of ether oxygens (including phenoxy) is 1. The number of anilines is 2. The van der Waals surface area contributed by atoms with Crippen molar-refractivity contribution in [2.24, 2.45) is 0 Å². The Hall–Kier alpha value is -3.75. The largest absolute Gasteiger partial charge is 0.497 e. The summed E-state index contributed by atoms with van der Waals surface area (Å²) >= 11 is 1.61. The normalized spacial score (nSPS) is 11.2. The minimum atomic E-state index is -0.670. The smallest absolute Gasteiger partial charge is 0.350 e. The summed E-state index contributed by atoms with van der Waals surface area (Å²) in [5.74, 6) is 0.677. The molecule has 0 aliphatic heterocycles. The van der Waals surface area contributed by atoms with Gasteiger partial charge in [-0.25, -0.2) is 9.78 Å². The SMILES string of the molecule is COc1ccc(NC(=O)N(O)c2cccc(-c3sc(C(C)(C)C)nc3-c3ccncc3)c2)cc1. The number of pyridine rings is 1. The van der Waals surface area contributed by atoms with Crippen LogP contribution in [0.5, 0.6) is 5.75 Å². The Bertz CT molecular complexity index is 1280. The zero-order chi connectivity index (χ0) is 24.3. The number of thiazole rings is 1. The number of nitrogens with zero attached hydrogens (tertiary/aromatic N) is 3. The van der Waals surface area contributed by atoms with Gasteiger partial charge in [0.2, 0.25) is 0 Å². The summed E-state index contributed by atoms with van der Waals surface area (Å²) in [7, 11) is 1.57. The summed E-state index contributed by atoms with van der Waals surface area (Å²) in [5, 5.41) is 14.9. The minimum Gasteiger partial charge on any atom is -0.497 e. The highest BCUT2D eigenvalue weighted by Gasteiger charge is 2.24. The highest BCUT2D eigenvalue weighted by Crippen LogP contribution is 2.41. The lowest BCUT2D eigenvalue weighted by molar-refractivity contribution is 0.216. The van der Waals surface area contributed by atoms with Crippen molar-refractivity contribution in [2.45, 2.75) is 26.2 Å². The third kappa shape index (κ3) is 5.08. The third-order valence-electron chi connectivity index (χ3n) is 5.11. The van der Waals surface area contributed by atoms with Crippen molar-refractivity contribution in [3.63, 3.8) is 0 Å². The average molecular weight is 475 g/mol. The van der Waals surface area contributed by atoms with E-state index in [2.05, 4.69) is 31.1 Å². The van der Waals surface area contributed by atoms with Gasteiger partial charge in [-0.15, -0.1) is 11.3 Å². The molecule has 4 rings (SSSR count). The van der Waals surface area contributed by atoms with Crippen molar-refractivity contribution in [1.29, 1.82) is 0 Å². The van der Waals surface area contributed by atoms with Gasteiger partial charge in [0.25, 0.3) is 0 Å². The van der Waals surface area contributed by atoms with Crippen LogP contribution in [0.3, 0.4) is 0 Å². The second-order valence-electron chi connectivity index (χ2n) is 8.70. The van der Waals surface area contributed by atoms with Gasteiger partial charge in [0, 0.05) is 29.1 Å². The summed E-state index contributed by atoms with van der Waals surface area (Å²) in [6.45, 7) is 6.38. The van der Waals surface area contributed by atoms with Gasteiger partial charge in [0.15, 0.2) is 0 Å². The predicted octanol–water partition coefficient (Wildman–Crippen LogP) is 6.61. The van der Waals surface area contributed by atoms with E-state index in [1.54, 1.807) is 73.3 Å². The molecule has 2 aromatic heterocycles. The third-order valence-corrected chi connectivity index (χ3v) is 6.64. The highest BCUT2D eigenvalue weighted by atomic mass is 32.1. The molecule has 0 atom stereocenters. The molecule has 4 aromatic rings. The molecule has 0 saturated heterocycles. The minimum absolute atomic E-state index is 0.121. The lowest BCUT2D eigenvalue weighted by Gasteiger charge is -2.17. The fraction of sp³-hybridized carbons (Fsp3) is 0.192. The molecule has 2 heterocycles. The molecule has 2 N–H and O–H groups in total. The van der Waals surface area contributed by atoms with Crippen LogP contribution in [0.15, 0.2) is 73.1 Å². The first-order valence-electron chi connectivity index (χ1n) is 10.7. The molecule has 0 aliphatic carbocycles. The molecule has 0 spiro atoms. The van der Waals surface area contributed by atoms with Crippen molar-refractivity contribution in [3.05, 3.63) is 78.1 Å². The Morgan fingerprint density at radius 1 is 1.03 bits per heavy atom. The molecule has 0 bridgehead atoms. The quantitative estimate of drug-likeness (QED) is 0.251. The van der Waals surface area contributed by atoms with E-state index in [1.165, 1.54) is 0 Å². The molecule has 8 heteroatoms. The maximum absolute atomic E-state index is 12.7. The summed E-state index contributed by atoms with van der Waals surface area (Å²) in [4.78, 5) is 22.7. The number of carbonyl (C=O) groups is 1. The molecule has 0 saturated carbocycles. The Labute approximate surface area is 202 Å². The number of nitrogens with one attached hydrogen (secondary N) is 1. The van der Waals surface area contributed by atoms with Crippen LogP contribution < -0.4 is 15.1 Å². The van der Waals surface area contributed by atoms with Crippen LogP contribution in [0, 0.1) is 0 Å². The molecular weight excluding hydrogens is 448 g/mol. The number of hydrogen-bond donors (Lipinski definition) is 2. The van der Waals surface area contributed by atoms with Crippen LogP contribution in [0.1, 0.15) is 25.8 Å². The second-order valence-corrected chi connectivity index (χ2v) is 9.70. The molecule has 2 aromatic carbocycles. The standard InChI is InChI=1S/C26H26N4O3S/c1-26(2,3)24-29-22(17-12-14-27-15-13-17)23(34-24)18-6-5-7-20(16-18)30(32)25(31)28-19-8-10-21(33-4)11-9-19/h5-16,32H,1-4H3,(H,28,31). The van der Waals surface area contributed by atoms with Crippen LogP contribution in [0.4, 0.5) is 16.2 Å². The van der Waals surface area contributed by atoms with Gasteiger partial charge in [-0.05, 0) is 54.1 Å². The summed E-state index contributed by atoms with van der Waals surface area (Å²) in [6, 6.07) is 17.3. The van der Waals surface area contributed by atoms with Crippen LogP contribution in [0.2, 0.25) is 0 Å². The molecule has 0 fully saturated rings. The monoisotopic (exact) mass is 474 g/mol. The van der Waals surface area contributed by atoms with Gasteiger partial charge in [-0.3, -0.25) is 10.2 Å². The average Bonchev–Trinajstić information content (AvgIpc) is 3.31. The van der Waals surface area contributed by atoms with E-state index in [1.807, 2.05) is 18.2 Å². The number of methoxy groups -OCH3 is 1. The number of rotatable bonds is 5. The van der Waals surface area contributed by atoms with E-state index in [9.17, 15) is 10.0 Å². The molecule has 174 valence electrons. The second kappa shape index (κ2) is 9.62. The van der Waals surface area contributed by atoms with Gasteiger partial charge < -0.3 is 10.1 Å². The van der Waals surface area contributed by atoms with E-state index in [-0.39, 0.29) is 5.41 Å². The Balaban J connectivity index is 1.65. The van der Waals surface area contributed by atoms with E-state index < -0.39 is 6.03 Å². The van der Waals surface area contributed by atoms with Crippen molar-refractivity contribution >= 4 is 28.7 Å². The van der Waals surface area contributed by atoms with E-state index in [4.69, 9.17) is 9.72 Å². The van der Waals surface area contributed by atoms with E-state index >= 15 is 0 Å². The van der Waals surface area contributed by atoms with Gasteiger partial charge in [-0.2, -0.15) is 5.06 Å². The van der Waals surface area contributed by atoms with Crippen LogP contribution in [0.25, 0.3) is 21.7 Å². The molecule has 0 radical (unpaired) electrons. The summed E-state index contributed by atoms with van der Waals surface area (Å²) in [6.07, 6.45) is 3.48. The number of benzene rings is 2. The van der Waals surface area contributed by atoms with Crippen molar-refractivity contribution in [3.8, 4) is 27.4 Å². The zero-order valence-electron chi connectivity index (χ0n) is 19.4. The van der Waals surface area contributed by atoms with Crippen molar-refractivity contribution in [2.75, 3.05) is 17.5 Å². The van der Waals surface area contributed by atoms with Crippen LogP contribution in [-0.2, 0) is 5.41 Å². The first kappa shape index (κ1) is 23.4. The molecule has 2 amide bonds. The number of amides is 2. The number of aromatic nitrogens is 2. The Morgan fingerprint density at radius 3 is 2.38 bits per heavy atom. The molecule has 7 nitrogen and oxygen atoms in total. The van der Waals surface area contributed by atoms with Crippen molar-refractivity contribution in [1.82, 2.24) is 9.97 Å². The van der Waals surface area contributed by atoms with Crippen LogP contribution in [-0.4, -0.2) is 28.3 Å². The summed E-state index contributed by atoms with van der Waals surface area (Å²) in [5.41, 5.74) is 3.42. The van der Waals surface area contributed by atoms with Crippen molar-refractivity contribution < 1.29 is 14.7 Å². The highest BCUT2D eigenvalue weighted by molar-refractivity contribution is 7.15. The van der Waals surface area contributed by atoms with E-state index in [0.717, 1.165) is 26.7 Å². The predicted molar refractivity (Wildman–Crippen MR) is 136 cm³/mol. The lowest BCUT2D eigenvalue weighted by atomic mass is 9.98. The van der Waals surface area contributed by atoms with Gasteiger partial charge >= 0.3 is 6.03 Å². The number of carbonyl (C=O) groups excluding carboxylic acids is 1. The Kier molecular flexibility index (Phi) is 6.63. The first-order chi connectivity index (χ1) is 16.3. The Morgan fingerprint density at radius 2 is 1.74 bits per heavy atom. The fourth-order valence-electron chi connectivity index (χ4n) is 3.29. The maximum Gasteiger partial charge on any atom is 0.350 e. The van der Waals surface area contributed by atoms with Gasteiger partial charge in [0.1, 0.15) is 5.75 Å². The molecule has 0 unspecified atom stereocenters. The molecular formula is C26H26N4O3S. The van der Waals surface area contributed by atoms with E-state index in [0.29, 0.717) is 22.2 Å². The van der Waals surface area contributed by atoms with Crippen LogP contribution >= 0.6 is 11.3 Å². The molecule has 0 aliphatic rings. The fourth-order valence-corrected chi connectivity index (χ4v) is 4.43. The number of urea groups is 1. The zero-order valence-corrected chi connectivity index (χ0v) is 20.3. The molecule has 34 heavy (non-hydrogen) atoms. The van der Waals surface area contributed by atoms with Gasteiger partial charge in [-0.1, -0.05) is 32.9 Å². The topological polar surface area (TPSA) is 87.6 Å². The lowest BCUT2D eigenvalue weighted by Crippen LogP contribution is -2.31.